The van der Waals surface area contributed by atoms with Crippen molar-refractivity contribution in [3.05, 3.63) is 55.9 Å². The Balaban J connectivity index is 1.79. The van der Waals surface area contributed by atoms with Crippen LogP contribution < -0.4 is 0 Å². The van der Waals surface area contributed by atoms with Crippen LogP contribution in [0.5, 0.6) is 0 Å². The van der Waals surface area contributed by atoms with E-state index < -0.39 is 0 Å². The molecule has 1 heterocycles. The van der Waals surface area contributed by atoms with Gasteiger partial charge in [-0.05, 0) is 69.9 Å². The molecule has 1 aliphatic carbocycles. The summed E-state index contributed by atoms with van der Waals surface area (Å²) in [5.41, 5.74) is 2.08. The Morgan fingerprint density at radius 1 is 1.40 bits per heavy atom. The van der Waals surface area contributed by atoms with Crippen LogP contribution in [0.2, 0.25) is 0 Å². The van der Waals surface area contributed by atoms with Gasteiger partial charge in [0.2, 0.25) is 0 Å². The van der Waals surface area contributed by atoms with Gasteiger partial charge in [0, 0.05) is 17.2 Å². The highest BCUT2D eigenvalue weighted by Crippen LogP contribution is 2.36. The fraction of sp³-hybridized carbons (Fsp3) is 0.312. The third-order valence-corrected chi connectivity index (χ3v) is 5.41. The molecule has 0 radical (unpaired) electrons. The minimum Gasteiger partial charge on any atom is -0.299 e. The Kier molecular flexibility index (Phi) is 4.03. The lowest BCUT2D eigenvalue weighted by molar-refractivity contribution is -0.120. The van der Waals surface area contributed by atoms with Gasteiger partial charge in [-0.1, -0.05) is 6.07 Å². The van der Waals surface area contributed by atoms with Crippen LogP contribution in [0.4, 0.5) is 4.39 Å². The van der Waals surface area contributed by atoms with Crippen LogP contribution in [-0.4, -0.2) is 5.78 Å². The molecule has 0 saturated carbocycles. The molecule has 1 nitrogen and oxygen atoms in total. The van der Waals surface area contributed by atoms with Crippen LogP contribution in [0.3, 0.4) is 0 Å². The molecule has 4 heteroatoms. The largest absolute Gasteiger partial charge is 0.299 e. The molecular formula is C16H14BrFOS. The Morgan fingerprint density at radius 2 is 2.25 bits per heavy atom. The number of benzene rings is 1. The van der Waals surface area contributed by atoms with Gasteiger partial charge >= 0.3 is 0 Å². The molecule has 0 N–H and O–H groups in total. The molecule has 3 rings (SSSR count). The number of carbonyl (C=O) groups is 1. The van der Waals surface area contributed by atoms with E-state index in [-0.39, 0.29) is 17.5 Å². The number of hydrogen-bond donors (Lipinski definition) is 0. The molecule has 2 aromatic rings. The Morgan fingerprint density at radius 3 is 3.05 bits per heavy atom. The molecule has 0 saturated heterocycles. The maximum Gasteiger partial charge on any atom is 0.144 e. The van der Waals surface area contributed by atoms with E-state index in [0.717, 1.165) is 24.8 Å². The second kappa shape index (κ2) is 5.78. The first kappa shape index (κ1) is 14.0. The number of fused-ring (bicyclic) bond motifs is 1. The van der Waals surface area contributed by atoms with Gasteiger partial charge in [0.25, 0.3) is 0 Å². The van der Waals surface area contributed by atoms with Gasteiger partial charge in [0.15, 0.2) is 0 Å². The molecule has 0 amide bonds. The van der Waals surface area contributed by atoms with E-state index >= 15 is 0 Å². The number of ketones is 1. The van der Waals surface area contributed by atoms with Gasteiger partial charge in [-0.2, -0.15) is 0 Å². The summed E-state index contributed by atoms with van der Waals surface area (Å²) < 4.78 is 13.6. The quantitative estimate of drug-likeness (QED) is 0.769. The molecule has 1 aliphatic rings. The van der Waals surface area contributed by atoms with Gasteiger partial charge in [-0.3, -0.25) is 4.79 Å². The zero-order valence-corrected chi connectivity index (χ0v) is 13.3. The van der Waals surface area contributed by atoms with E-state index in [2.05, 4.69) is 27.4 Å². The highest BCUT2D eigenvalue weighted by molar-refractivity contribution is 9.10. The molecule has 20 heavy (non-hydrogen) atoms. The van der Waals surface area contributed by atoms with Crippen molar-refractivity contribution in [2.45, 2.75) is 31.6 Å². The van der Waals surface area contributed by atoms with Crippen molar-refractivity contribution >= 4 is 33.0 Å². The Hall–Kier alpha value is -1.00. The molecule has 0 fully saturated rings. The summed E-state index contributed by atoms with van der Waals surface area (Å²) in [4.78, 5) is 13.9. The zero-order valence-electron chi connectivity index (χ0n) is 10.9. The number of carbonyl (C=O) groups excluding carboxylic acids is 1. The molecule has 0 aliphatic heterocycles. The lowest BCUT2D eigenvalue weighted by Crippen LogP contribution is -2.19. The Labute approximate surface area is 130 Å². The molecule has 104 valence electrons. The molecule has 0 spiro atoms. The van der Waals surface area contributed by atoms with Crippen LogP contribution in [0.1, 0.15) is 34.8 Å². The second-order valence-corrected chi connectivity index (χ2v) is 6.99. The molecule has 1 aromatic heterocycles. The molecule has 1 atom stereocenters. The first-order valence-electron chi connectivity index (χ1n) is 6.68. The fourth-order valence-electron chi connectivity index (χ4n) is 2.79. The van der Waals surface area contributed by atoms with E-state index in [0.29, 0.717) is 10.9 Å². The number of rotatable bonds is 3. The molecule has 1 aromatic carbocycles. The van der Waals surface area contributed by atoms with E-state index in [1.54, 1.807) is 23.5 Å². The van der Waals surface area contributed by atoms with Crippen LogP contribution in [0.15, 0.2) is 34.1 Å². The monoisotopic (exact) mass is 352 g/mol. The van der Waals surface area contributed by atoms with Gasteiger partial charge in [-0.15, -0.1) is 11.3 Å². The average Bonchev–Trinajstić information content (AvgIpc) is 2.91. The van der Waals surface area contributed by atoms with Crippen molar-refractivity contribution in [3.8, 4) is 0 Å². The Bertz CT molecular complexity index is 650. The predicted molar refractivity (Wildman–Crippen MR) is 82.8 cm³/mol. The summed E-state index contributed by atoms with van der Waals surface area (Å²) in [5.74, 6) is -0.0318. The first-order valence-corrected chi connectivity index (χ1v) is 8.35. The maximum absolute atomic E-state index is 13.2. The molecular weight excluding hydrogens is 339 g/mol. The summed E-state index contributed by atoms with van der Waals surface area (Å²) in [6.07, 6.45) is 3.49. The van der Waals surface area contributed by atoms with Crippen LogP contribution in [0, 0.1) is 5.82 Å². The van der Waals surface area contributed by atoms with Crippen LogP contribution >= 0.6 is 27.3 Å². The van der Waals surface area contributed by atoms with Crippen molar-refractivity contribution in [2.75, 3.05) is 0 Å². The van der Waals surface area contributed by atoms with Crippen molar-refractivity contribution < 1.29 is 9.18 Å². The third-order valence-electron chi connectivity index (χ3n) is 3.80. The third kappa shape index (κ3) is 2.72. The number of aryl methyl sites for hydroxylation is 1. The van der Waals surface area contributed by atoms with Gasteiger partial charge in [0.1, 0.15) is 11.6 Å². The van der Waals surface area contributed by atoms with Gasteiger partial charge < -0.3 is 0 Å². The van der Waals surface area contributed by atoms with E-state index in [1.165, 1.54) is 16.5 Å². The SMILES string of the molecule is O=C(Cc1ccc(F)c(Br)c1)C1CCCc2sccc21. The highest BCUT2D eigenvalue weighted by Gasteiger charge is 2.27. The number of halogens is 2. The first-order chi connectivity index (χ1) is 9.65. The minimum atomic E-state index is -0.293. The lowest BCUT2D eigenvalue weighted by atomic mass is 9.83. The van der Waals surface area contributed by atoms with Crippen molar-refractivity contribution in [1.29, 1.82) is 0 Å². The average molecular weight is 353 g/mol. The van der Waals surface area contributed by atoms with Crippen molar-refractivity contribution in [3.63, 3.8) is 0 Å². The van der Waals surface area contributed by atoms with Gasteiger partial charge in [0.05, 0.1) is 4.47 Å². The van der Waals surface area contributed by atoms with Crippen LogP contribution in [0.25, 0.3) is 0 Å². The normalized spacial score (nSPS) is 17.8. The number of hydrogen-bond acceptors (Lipinski definition) is 2. The fourth-order valence-corrected chi connectivity index (χ4v) is 4.21. The van der Waals surface area contributed by atoms with Crippen molar-refractivity contribution in [2.24, 2.45) is 0 Å². The smallest absolute Gasteiger partial charge is 0.144 e. The molecule has 1 unspecified atom stereocenters. The molecule has 0 bridgehead atoms. The second-order valence-electron chi connectivity index (χ2n) is 5.14. The zero-order chi connectivity index (χ0) is 14.1. The summed E-state index contributed by atoms with van der Waals surface area (Å²) >= 11 is 4.91. The topological polar surface area (TPSA) is 17.1 Å². The summed E-state index contributed by atoms with van der Waals surface area (Å²) in [5, 5.41) is 2.07. The van der Waals surface area contributed by atoms with Gasteiger partial charge in [-0.25, -0.2) is 4.39 Å². The standard InChI is InChI=1S/C16H14BrFOS/c17-13-8-10(4-5-14(13)18)9-15(19)11-2-1-3-16-12(11)6-7-20-16/h4-8,11H,1-3,9H2. The van der Waals surface area contributed by atoms with E-state index in [9.17, 15) is 9.18 Å². The lowest BCUT2D eigenvalue weighted by Gasteiger charge is -2.21. The highest BCUT2D eigenvalue weighted by atomic mass is 79.9. The summed E-state index contributed by atoms with van der Waals surface area (Å²) in [6.45, 7) is 0. The maximum atomic E-state index is 13.2. The predicted octanol–water partition coefficient (Wildman–Crippen LogP) is 4.88. The van der Waals surface area contributed by atoms with E-state index in [1.807, 2.05) is 0 Å². The summed E-state index contributed by atoms with van der Waals surface area (Å²) in [7, 11) is 0. The minimum absolute atomic E-state index is 0.0221. The number of thiophene rings is 1. The van der Waals surface area contributed by atoms with Crippen molar-refractivity contribution in [1.82, 2.24) is 0 Å². The summed E-state index contributed by atoms with van der Waals surface area (Å²) in [6, 6.07) is 6.88. The van der Waals surface area contributed by atoms with Crippen LogP contribution in [-0.2, 0) is 17.6 Å². The van der Waals surface area contributed by atoms with E-state index in [4.69, 9.17) is 0 Å². The number of Topliss-reactive ketones (excluding diaryl/α,β-unsaturated/α-hetero) is 1.